The number of benzene rings is 1. The summed E-state index contributed by atoms with van der Waals surface area (Å²) in [7, 11) is 0.450. The van der Waals surface area contributed by atoms with Crippen LogP contribution in [-0.2, 0) is 16.6 Å². The Balaban J connectivity index is 2.93. The van der Waals surface area contributed by atoms with Crippen LogP contribution in [0.2, 0.25) is 5.04 Å². The van der Waals surface area contributed by atoms with Gasteiger partial charge in [-0.3, -0.25) is 0 Å². The lowest BCUT2D eigenvalue weighted by Gasteiger charge is -2.30. The van der Waals surface area contributed by atoms with Gasteiger partial charge < -0.3 is 9.53 Å². The Morgan fingerprint density at radius 1 is 1.11 bits per heavy atom. The van der Waals surface area contributed by atoms with Gasteiger partial charge in [-0.15, -0.1) is 0 Å². The molecule has 0 spiro atoms. The van der Waals surface area contributed by atoms with Gasteiger partial charge in [0.15, 0.2) is 0 Å². The van der Waals surface area contributed by atoms with Gasteiger partial charge in [0.1, 0.15) is 0 Å². The van der Waals surface area contributed by atoms with Crippen LogP contribution >= 0.6 is 0 Å². The highest BCUT2D eigenvalue weighted by atomic mass is 28.2. The first-order valence-electron chi connectivity index (χ1n) is 6.31. The molecule has 0 amide bonds. The molecule has 0 fully saturated rings. The van der Waals surface area contributed by atoms with Crippen LogP contribution in [-0.4, -0.2) is 14.9 Å². The molecule has 2 nitrogen and oxygen atoms in total. The van der Waals surface area contributed by atoms with E-state index in [-0.39, 0.29) is 17.2 Å². The summed E-state index contributed by atoms with van der Waals surface area (Å²) in [6.45, 7) is 12.8. The number of rotatable bonds is 4. The molecular weight excluding hydrogens is 240 g/mol. The van der Waals surface area contributed by atoms with Crippen molar-refractivity contribution < 1.29 is 9.53 Å². The number of hydrogen-bond acceptors (Lipinski definition) is 2. The van der Waals surface area contributed by atoms with Gasteiger partial charge in [0.2, 0.25) is 9.76 Å². The summed E-state index contributed by atoms with van der Waals surface area (Å²) in [4.78, 5) is 0. The normalized spacial score (nSPS) is 12.8. The molecule has 0 heterocycles. The Kier molecular flexibility index (Phi) is 4.76. The zero-order valence-electron chi connectivity index (χ0n) is 12.3. The van der Waals surface area contributed by atoms with Crippen LogP contribution in [0.3, 0.4) is 0 Å². The van der Waals surface area contributed by atoms with E-state index in [1.807, 2.05) is 19.1 Å². The van der Waals surface area contributed by atoms with Crippen LogP contribution in [0.15, 0.2) is 18.2 Å². The van der Waals surface area contributed by atoms with Gasteiger partial charge in [-0.05, 0) is 36.9 Å². The van der Waals surface area contributed by atoms with Gasteiger partial charge in [0.05, 0.1) is 12.2 Å². The van der Waals surface area contributed by atoms with Crippen molar-refractivity contribution in [3.63, 3.8) is 0 Å². The van der Waals surface area contributed by atoms with Gasteiger partial charge in [-0.2, -0.15) is 0 Å². The first-order valence-corrected chi connectivity index (χ1v) is 7.22. The minimum atomic E-state index is -0.318. The maximum atomic E-state index is 9.27. The highest BCUT2D eigenvalue weighted by Crippen LogP contribution is 2.30. The molecule has 0 aliphatic carbocycles. The van der Waals surface area contributed by atoms with Gasteiger partial charge >= 0.3 is 0 Å². The third-order valence-corrected chi connectivity index (χ3v) is 3.85. The monoisotopic (exact) mass is 264 g/mol. The van der Waals surface area contributed by atoms with Crippen LogP contribution < -0.4 is 0 Å². The first kappa shape index (κ1) is 15.4. The zero-order chi connectivity index (χ0) is 14.0. The van der Waals surface area contributed by atoms with Crippen LogP contribution in [0.1, 0.15) is 51.3 Å². The second kappa shape index (κ2) is 5.55. The molecule has 0 saturated carbocycles. The minimum Gasteiger partial charge on any atom is -0.408 e. The second-order valence-electron chi connectivity index (χ2n) is 6.33. The van der Waals surface area contributed by atoms with E-state index in [4.69, 9.17) is 4.43 Å². The third kappa shape index (κ3) is 4.56. The summed E-state index contributed by atoms with van der Waals surface area (Å²) >= 11 is 0. The van der Waals surface area contributed by atoms with Crippen molar-refractivity contribution in [1.29, 1.82) is 0 Å². The summed E-state index contributed by atoms with van der Waals surface area (Å²) in [5, 5.41) is 9.45. The van der Waals surface area contributed by atoms with Crippen molar-refractivity contribution >= 4 is 9.76 Å². The van der Waals surface area contributed by atoms with E-state index in [1.165, 1.54) is 0 Å². The Morgan fingerprint density at radius 3 is 2.22 bits per heavy atom. The molecule has 0 aliphatic heterocycles. The standard InChI is InChI=1S/C15H24O2Si/c1-11-7-12(10-16)9-13(8-11)15(5,6)17-18-14(2,3)4/h7-9,16H,10H2,1-6H3. The molecule has 3 heteroatoms. The molecule has 100 valence electrons. The van der Waals surface area contributed by atoms with Gasteiger partial charge in [0, 0.05) is 0 Å². The highest BCUT2D eigenvalue weighted by Gasteiger charge is 2.25. The summed E-state index contributed by atoms with van der Waals surface area (Å²) in [5.74, 6) is 0. The van der Waals surface area contributed by atoms with E-state index in [2.05, 4.69) is 40.7 Å². The molecule has 1 rings (SSSR count). The molecular formula is C15H24O2Si. The summed E-state index contributed by atoms with van der Waals surface area (Å²) in [6.07, 6.45) is 0. The molecule has 0 saturated heterocycles. The number of aliphatic hydroxyl groups is 1. The van der Waals surface area contributed by atoms with Crippen LogP contribution in [0.5, 0.6) is 0 Å². The van der Waals surface area contributed by atoms with Crippen molar-refractivity contribution in [2.45, 2.75) is 58.8 Å². The van der Waals surface area contributed by atoms with E-state index < -0.39 is 0 Å². The Labute approximate surface area is 113 Å². The Morgan fingerprint density at radius 2 is 1.72 bits per heavy atom. The minimum absolute atomic E-state index is 0.0757. The molecule has 0 aliphatic rings. The van der Waals surface area contributed by atoms with Crippen molar-refractivity contribution in [3.8, 4) is 0 Å². The summed E-state index contributed by atoms with van der Waals surface area (Å²) < 4.78 is 6.08. The fourth-order valence-corrected chi connectivity index (χ4v) is 2.32. The van der Waals surface area contributed by atoms with E-state index in [0.717, 1.165) is 16.7 Å². The fourth-order valence-electron chi connectivity index (χ4n) is 1.64. The van der Waals surface area contributed by atoms with Crippen LogP contribution in [0.25, 0.3) is 0 Å². The van der Waals surface area contributed by atoms with E-state index in [9.17, 15) is 5.11 Å². The number of hydrogen-bond donors (Lipinski definition) is 1. The predicted molar refractivity (Wildman–Crippen MR) is 76.7 cm³/mol. The molecule has 0 atom stereocenters. The molecule has 1 N–H and O–H groups in total. The molecule has 18 heavy (non-hydrogen) atoms. The highest BCUT2D eigenvalue weighted by molar-refractivity contribution is 6.31. The maximum Gasteiger partial charge on any atom is 0.236 e. The Bertz CT molecular complexity index is 405. The molecule has 2 radical (unpaired) electrons. The lowest BCUT2D eigenvalue weighted by Crippen LogP contribution is -2.27. The summed E-state index contributed by atoms with van der Waals surface area (Å²) in [6, 6.07) is 6.16. The summed E-state index contributed by atoms with van der Waals surface area (Å²) in [5.41, 5.74) is 2.91. The van der Waals surface area contributed by atoms with Gasteiger partial charge in [0.25, 0.3) is 0 Å². The smallest absolute Gasteiger partial charge is 0.236 e. The van der Waals surface area contributed by atoms with Crippen molar-refractivity contribution in [1.82, 2.24) is 0 Å². The van der Waals surface area contributed by atoms with Crippen molar-refractivity contribution in [2.24, 2.45) is 0 Å². The van der Waals surface area contributed by atoms with Crippen molar-refractivity contribution in [2.75, 3.05) is 0 Å². The molecule has 0 aromatic heterocycles. The van der Waals surface area contributed by atoms with Crippen molar-refractivity contribution in [3.05, 3.63) is 34.9 Å². The Hall–Kier alpha value is -0.643. The average Bonchev–Trinajstić information content (AvgIpc) is 2.25. The third-order valence-electron chi connectivity index (χ3n) is 2.63. The number of aliphatic hydroxyl groups excluding tert-OH is 1. The topological polar surface area (TPSA) is 29.5 Å². The SMILES string of the molecule is Cc1cc(CO)cc(C(C)(C)O[Si]C(C)(C)C)c1. The molecule has 0 unspecified atom stereocenters. The molecule has 1 aromatic rings. The molecule has 1 aromatic carbocycles. The maximum absolute atomic E-state index is 9.27. The second-order valence-corrected chi connectivity index (χ2v) is 8.24. The number of aryl methyl sites for hydroxylation is 1. The quantitative estimate of drug-likeness (QED) is 0.842. The van der Waals surface area contributed by atoms with E-state index in [0.29, 0.717) is 9.76 Å². The lowest BCUT2D eigenvalue weighted by molar-refractivity contribution is 0.109. The zero-order valence-corrected chi connectivity index (χ0v) is 13.3. The molecule has 0 bridgehead atoms. The largest absolute Gasteiger partial charge is 0.408 e. The van der Waals surface area contributed by atoms with E-state index >= 15 is 0 Å². The van der Waals surface area contributed by atoms with Crippen LogP contribution in [0, 0.1) is 6.92 Å². The first-order chi connectivity index (χ1) is 8.14. The average molecular weight is 264 g/mol. The fraction of sp³-hybridized carbons (Fsp3) is 0.600. The van der Waals surface area contributed by atoms with Gasteiger partial charge in [-0.1, -0.05) is 44.5 Å². The van der Waals surface area contributed by atoms with E-state index in [1.54, 1.807) is 0 Å². The predicted octanol–water partition coefficient (Wildman–Crippen LogP) is 3.58. The van der Waals surface area contributed by atoms with Gasteiger partial charge in [-0.25, -0.2) is 0 Å². The van der Waals surface area contributed by atoms with Crippen LogP contribution in [0.4, 0.5) is 0 Å². The lowest BCUT2D eigenvalue weighted by atomic mass is 9.95.